The number of benzene rings is 2. The molecule has 1 N–H and O–H groups in total. The fraction of sp³-hybridized carbons (Fsp3) is 0.0769. The second kappa shape index (κ2) is 6.40. The summed E-state index contributed by atoms with van der Waals surface area (Å²) in [4.78, 5) is 8.92. The van der Waals surface area contributed by atoms with Crippen molar-refractivity contribution in [1.29, 1.82) is 0 Å². The number of nitrogens with one attached hydrogen (secondary N) is 1. The summed E-state index contributed by atoms with van der Waals surface area (Å²) in [5.41, 5.74) is -6.03. The number of nitrogens with zero attached hydrogens (tertiary/aromatic N) is 1. The van der Waals surface area contributed by atoms with Crippen LogP contribution in [0.25, 0.3) is 0 Å². The van der Waals surface area contributed by atoms with Crippen LogP contribution in [-0.4, -0.2) is 18.8 Å². The predicted octanol–water partition coefficient (Wildman–Crippen LogP) is 4.39. The fourth-order valence-electron chi connectivity index (χ4n) is 1.76. The molecule has 24 heavy (non-hydrogen) atoms. The lowest BCUT2D eigenvalue weighted by molar-refractivity contribution is -0.384. The van der Waals surface area contributed by atoms with E-state index in [-0.39, 0.29) is 5.69 Å². The van der Waals surface area contributed by atoms with Crippen molar-refractivity contribution in [3.63, 3.8) is 0 Å². The minimum atomic E-state index is -5.67. The zero-order valence-corrected chi connectivity index (χ0v) is 13.9. The van der Waals surface area contributed by atoms with Crippen molar-refractivity contribution in [2.24, 2.45) is 0 Å². The Morgan fingerprint density at radius 3 is 2.17 bits per heavy atom. The highest BCUT2D eigenvalue weighted by atomic mass is 79.9. The molecule has 0 amide bonds. The molecule has 0 heterocycles. The number of alkyl halides is 3. The monoisotopic (exact) mass is 424 g/mol. The molecule has 0 unspecified atom stereocenters. The van der Waals surface area contributed by atoms with Crippen molar-refractivity contribution in [2.75, 3.05) is 5.32 Å². The van der Waals surface area contributed by atoms with Crippen LogP contribution in [0.4, 0.5) is 30.2 Å². The van der Waals surface area contributed by atoms with E-state index in [0.29, 0.717) is 17.8 Å². The van der Waals surface area contributed by atoms with Gasteiger partial charge in [0.2, 0.25) is 0 Å². The van der Waals surface area contributed by atoms with Crippen LogP contribution in [0.5, 0.6) is 0 Å². The highest BCUT2D eigenvalue weighted by Gasteiger charge is 2.47. The summed E-state index contributed by atoms with van der Waals surface area (Å²) in [5.74, 6) is 0. The molecular formula is C13H8BrF3N2O4S. The van der Waals surface area contributed by atoms with E-state index in [1.165, 1.54) is 0 Å². The third kappa shape index (κ3) is 3.67. The zero-order valence-electron chi connectivity index (χ0n) is 11.5. The minimum Gasteiger partial charge on any atom is -0.350 e. The summed E-state index contributed by atoms with van der Waals surface area (Å²) < 4.78 is 61.2. The molecule has 0 aromatic heterocycles. The average molecular weight is 425 g/mol. The van der Waals surface area contributed by atoms with Crippen LogP contribution >= 0.6 is 15.9 Å². The molecule has 0 saturated heterocycles. The minimum absolute atomic E-state index is 0.136. The maximum Gasteiger partial charge on any atom is 0.501 e. The number of hydrogen-bond acceptors (Lipinski definition) is 5. The lowest BCUT2D eigenvalue weighted by Gasteiger charge is -2.11. The molecule has 0 spiro atoms. The van der Waals surface area contributed by atoms with Gasteiger partial charge in [-0.25, -0.2) is 8.42 Å². The first-order valence-corrected chi connectivity index (χ1v) is 8.42. The van der Waals surface area contributed by atoms with Gasteiger partial charge in [-0.2, -0.15) is 13.2 Å². The number of hydrogen-bond donors (Lipinski definition) is 1. The Morgan fingerprint density at radius 2 is 1.67 bits per heavy atom. The largest absolute Gasteiger partial charge is 0.501 e. The maximum absolute atomic E-state index is 12.6. The van der Waals surface area contributed by atoms with Crippen molar-refractivity contribution >= 4 is 42.8 Å². The van der Waals surface area contributed by atoms with Gasteiger partial charge >= 0.3 is 5.51 Å². The third-order valence-electron chi connectivity index (χ3n) is 2.90. The molecule has 2 rings (SSSR count). The molecule has 0 atom stereocenters. The molecule has 0 saturated carbocycles. The van der Waals surface area contributed by atoms with Crippen LogP contribution < -0.4 is 5.32 Å². The van der Waals surface area contributed by atoms with Gasteiger partial charge in [0, 0.05) is 16.2 Å². The number of nitro groups is 1. The highest BCUT2D eigenvalue weighted by Crippen LogP contribution is 2.35. The third-order valence-corrected chi connectivity index (χ3v) is 4.92. The zero-order chi connectivity index (χ0) is 18.1. The van der Waals surface area contributed by atoms with Crippen LogP contribution in [-0.2, 0) is 9.84 Å². The molecule has 11 heteroatoms. The Labute approximate surface area is 142 Å². The summed E-state index contributed by atoms with van der Waals surface area (Å²) in [6.45, 7) is 0. The van der Waals surface area contributed by atoms with Crippen molar-refractivity contribution in [1.82, 2.24) is 0 Å². The fourth-order valence-corrected chi connectivity index (χ4v) is 2.80. The first-order valence-electron chi connectivity index (χ1n) is 6.15. The maximum atomic E-state index is 12.6. The first-order chi connectivity index (χ1) is 11.0. The molecule has 0 aliphatic heterocycles. The quantitative estimate of drug-likeness (QED) is 0.580. The Hall–Kier alpha value is -2.14. The molecule has 128 valence electrons. The van der Waals surface area contributed by atoms with Crippen LogP contribution in [0.2, 0.25) is 0 Å². The standard InChI is InChI=1S/C13H8BrF3N2O4S/c14-8-1-3-9(4-2-8)18-11-6-5-10(7-12(11)19(20)21)24(22,23)13(15,16)17/h1-7,18H. The molecule has 0 aliphatic carbocycles. The Balaban J connectivity index is 2.48. The van der Waals surface area contributed by atoms with Gasteiger partial charge in [-0.15, -0.1) is 0 Å². The normalized spacial score (nSPS) is 12.0. The number of halogens is 4. The Bertz CT molecular complexity index is 883. The molecule has 0 bridgehead atoms. The number of anilines is 2. The van der Waals surface area contributed by atoms with Gasteiger partial charge in [-0.1, -0.05) is 15.9 Å². The van der Waals surface area contributed by atoms with Crippen LogP contribution in [0, 0.1) is 10.1 Å². The molecule has 0 aliphatic rings. The van der Waals surface area contributed by atoms with Crippen molar-refractivity contribution in [3.8, 4) is 0 Å². The summed E-state index contributed by atoms with van der Waals surface area (Å²) in [6, 6.07) is 8.41. The smallest absolute Gasteiger partial charge is 0.350 e. The van der Waals surface area contributed by atoms with E-state index >= 15 is 0 Å². The number of rotatable bonds is 4. The second-order valence-electron chi connectivity index (χ2n) is 4.52. The average Bonchev–Trinajstić information content (AvgIpc) is 2.48. The molecule has 2 aromatic carbocycles. The van der Waals surface area contributed by atoms with E-state index in [1.807, 2.05) is 0 Å². The highest BCUT2D eigenvalue weighted by molar-refractivity contribution is 9.10. The molecule has 0 radical (unpaired) electrons. The van der Waals surface area contributed by atoms with Crippen LogP contribution in [0.3, 0.4) is 0 Å². The van der Waals surface area contributed by atoms with Crippen molar-refractivity contribution in [3.05, 3.63) is 57.1 Å². The van der Waals surface area contributed by atoms with Gasteiger partial charge in [0.05, 0.1) is 9.82 Å². The number of nitro benzene ring substituents is 1. The van der Waals surface area contributed by atoms with E-state index in [1.54, 1.807) is 24.3 Å². The summed E-state index contributed by atoms with van der Waals surface area (Å²) in [7, 11) is -5.67. The van der Waals surface area contributed by atoms with Gasteiger partial charge in [-0.3, -0.25) is 10.1 Å². The topological polar surface area (TPSA) is 89.3 Å². The van der Waals surface area contributed by atoms with Crippen LogP contribution in [0.1, 0.15) is 0 Å². The summed E-state index contributed by atoms with van der Waals surface area (Å²) in [5, 5.41) is 13.7. The SMILES string of the molecule is O=[N+]([O-])c1cc(S(=O)(=O)C(F)(F)F)ccc1Nc1ccc(Br)cc1. The Kier molecular flexibility index (Phi) is 4.85. The Morgan fingerprint density at radius 1 is 1.08 bits per heavy atom. The van der Waals surface area contributed by atoms with Crippen molar-refractivity contribution in [2.45, 2.75) is 10.4 Å². The lowest BCUT2D eigenvalue weighted by Crippen LogP contribution is -2.23. The molecular weight excluding hydrogens is 417 g/mol. The first kappa shape index (κ1) is 18.2. The van der Waals surface area contributed by atoms with Gasteiger partial charge in [-0.05, 0) is 36.4 Å². The molecule has 2 aromatic rings. The molecule has 0 fully saturated rings. The van der Waals surface area contributed by atoms with Crippen molar-refractivity contribution < 1.29 is 26.5 Å². The van der Waals surface area contributed by atoms with E-state index < -0.39 is 30.9 Å². The lowest BCUT2D eigenvalue weighted by atomic mass is 10.2. The second-order valence-corrected chi connectivity index (χ2v) is 7.37. The van der Waals surface area contributed by atoms with Gasteiger partial charge < -0.3 is 5.32 Å². The molecule has 6 nitrogen and oxygen atoms in total. The summed E-state index contributed by atoms with van der Waals surface area (Å²) >= 11 is 3.21. The number of sulfone groups is 1. The van der Waals surface area contributed by atoms with Gasteiger partial charge in [0.15, 0.2) is 0 Å². The van der Waals surface area contributed by atoms with E-state index in [2.05, 4.69) is 21.2 Å². The van der Waals surface area contributed by atoms with E-state index in [4.69, 9.17) is 0 Å². The van der Waals surface area contributed by atoms with Gasteiger partial charge in [0.1, 0.15) is 5.69 Å². The predicted molar refractivity (Wildman–Crippen MR) is 83.8 cm³/mol. The van der Waals surface area contributed by atoms with E-state index in [9.17, 15) is 31.7 Å². The van der Waals surface area contributed by atoms with Gasteiger partial charge in [0.25, 0.3) is 15.5 Å². The van der Waals surface area contributed by atoms with E-state index in [0.717, 1.165) is 10.5 Å². The summed E-state index contributed by atoms with van der Waals surface area (Å²) in [6.07, 6.45) is 0. The van der Waals surface area contributed by atoms with Crippen LogP contribution in [0.15, 0.2) is 51.8 Å².